The summed E-state index contributed by atoms with van der Waals surface area (Å²) < 4.78 is 0. The molecule has 0 aromatic rings. The summed E-state index contributed by atoms with van der Waals surface area (Å²) in [5.41, 5.74) is 0. The number of fused-ring (bicyclic) bond motifs is 2. The summed E-state index contributed by atoms with van der Waals surface area (Å²) in [6, 6.07) is 0.442. The van der Waals surface area contributed by atoms with Gasteiger partial charge in [0.25, 0.3) is 0 Å². The number of urea groups is 2. The van der Waals surface area contributed by atoms with Gasteiger partial charge in [-0.1, -0.05) is 6.42 Å². The highest BCUT2D eigenvalue weighted by molar-refractivity contribution is 5.77. The number of rotatable bonds is 4. The van der Waals surface area contributed by atoms with E-state index in [1.807, 2.05) is 9.80 Å². The largest absolute Gasteiger partial charge is 0.338 e. The minimum absolute atomic E-state index is 0.0590. The molecule has 3 atom stereocenters. The highest BCUT2D eigenvalue weighted by atomic mass is 16.2. The van der Waals surface area contributed by atoms with E-state index in [9.17, 15) is 9.59 Å². The third kappa shape index (κ3) is 3.20. The molecule has 134 valence electrons. The van der Waals surface area contributed by atoms with Crippen LogP contribution in [0.5, 0.6) is 0 Å². The molecular weight excluding hydrogens is 304 g/mol. The van der Waals surface area contributed by atoms with Crippen molar-refractivity contribution in [2.75, 3.05) is 32.7 Å². The van der Waals surface area contributed by atoms with Crippen molar-refractivity contribution >= 4 is 12.1 Å². The van der Waals surface area contributed by atoms with Crippen LogP contribution in [0.1, 0.15) is 44.9 Å². The van der Waals surface area contributed by atoms with Gasteiger partial charge in [0.15, 0.2) is 0 Å². The number of nitrogens with one attached hydrogen (secondary N) is 2. The van der Waals surface area contributed by atoms with E-state index in [1.54, 1.807) is 0 Å². The predicted octanol–water partition coefficient (Wildman–Crippen LogP) is 2.01. The first kappa shape index (κ1) is 16.0. The topological polar surface area (TPSA) is 64.7 Å². The molecule has 2 saturated carbocycles. The molecular formula is C18H30N4O2. The Hall–Kier alpha value is -1.46. The van der Waals surface area contributed by atoms with Crippen molar-refractivity contribution in [1.29, 1.82) is 0 Å². The van der Waals surface area contributed by atoms with Gasteiger partial charge in [0.05, 0.1) is 0 Å². The molecule has 0 spiro atoms. The summed E-state index contributed by atoms with van der Waals surface area (Å²) >= 11 is 0. The number of hydrogen-bond donors (Lipinski definition) is 2. The average Bonchev–Trinajstić information content (AvgIpc) is 3.32. The molecule has 2 aliphatic heterocycles. The first-order valence-electron chi connectivity index (χ1n) is 9.78. The first-order valence-corrected chi connectivity index (χ1v) is 9.78. The van der Waals surface area contributed by atoms with Crippen molar-refractivity contribution in [2.45, 2.75) is 51.0 Å². The van der Waals surface area contributed by atoms with Crippen LogP contribution in [0.25, 0.3) is 0 Å². The lowest BCUT2D eigenvalue weighted by Crippen LogP contribution is -2.50. The van der Waals surface area contributed by atoms with E-state index in [0.717, 1.165) is 69.7 Å². The van der Waals surface area contributed by atoms with Crippen LogP contribution in [0.3, 0.4) is 0 Å². The van der Waals surface area contributed by atoms with Crippen LogP contribution in [0.2, 0.25) is 0 Å². The quantitative estimate of drug-likeness (QED) is 0.826. The number of hydrogen-bond acceptors (Lipinski definition) is 2. The normalized spacial score (nSPS) is 33.2. The van der Waals surface area contributed by atoms with Gasteiger partial charge in [-0.2, -0.15) is 0 Å². The van der Waals surface area contributed by atoms with Gasteiger partial charge >= 0.3 is 12.1 Å². The van der Waals surface area contributed by atoms with Crippen LogP contribution in [0.15, 0.2) is 0 Å². The fourth-order valence-corrected chi connectivity index (χ4v) is 5.42. The van der Waals surface area contributed by atoms with Crippen LogP contribution in [0, 0.1) is 17.8 Å². The second kappa shape index (κ2) is 6.81. The molecule has 6 nitrogen and oxygen atoms in total. The number of nitrogens with zero attached hydrogens (tertiary/aromatic N) is 2. The van der Waals surface area contributed by atoms with Gasteiger partial charge in [-0.05, 0) is 56.3 Å². The Kier molecular flexibility index (Phi) is 4.55. The third-order valence-corrected chi connectivity index (χ3v) is 6.76. The van der Waals surface area contributed by atoms with Gasteiger partial charge in [0.1, 0.15) is 0 Å². The van der Waals surface area contributed by atoms with E-state index >= 15 is 0 Å². The molecule has 0 unspecified atom stereocenters. The standard InChI is InChI=1S/C18H30N4O2/c23-17(19-6-3-15-12-13-1-2-14(15)11-13)21-8-4-16(5-9-21)22-10-7-20-18(22)24/h13-16H,1-12H2,(H,19,23)(H,20,24)/t13-,14-,15+/m0/s1. The van der Waals surface area contributed by atoms with Gasteiger partial charge < -0.3 is 20.4 Å². The van der Waals surface area contributed by atoms with E-state index in [2.05, 4.69) is 10.6 Å². The first-order chi connectivity index (χ1) is 11.7. The molecule has 6 heteroatoms. The summed E-state index contributed by atoms with van der Waals surface area (Å²) in [5, 5.41) is 5.99. The Bertz CT molecular complexity index is 489. The zero-order chi connectivity index (χ0) is 16.5. The predicted molar refractivity (Wildman–Crippen MR) is 91.7 cm³/mol. The molecule has 2 bridgehead atoms. The maximum absolute atomic E-state index is 12.3. The minimum atomic E-state index is 0.0590. The Morgan fingerprint density at radius 1 is 1.12 bits per heavy atom. The van der Waals surface area contributed by atoms with Crippen LogP contribution < -0.4 is 10.6 Å². The number of carbonyl (C=O) groups excluding carboxylic acids is 2. The Morgan fingerprint density at radius 2 is 1.96 bits per heavy atom. The fourth-order valence-electron chi connectivity index (χ4n) is 5.42. The molecule has 4 fully saturated rings. The van der Waals surface area contributed by atoms with Crippen molar-refractivity contribution < 1.29 is 9.59 Å². The van der Waals surface area contributed by atoms with Gasteiger partial charge in [0.2, 0.25) is 0 Å². The van der Waals surface area contributed by atoms with Crippen molar-refractivity contribution in [1.82, 2.24) is 20.4 Å². The van der Waals surface area contributed by atoms with Crippen molar-refractivity contribution in [3.05, 3.63) is 0 Å². The molecule has 2 aliphatic carbocycles. The summed E-state index contributed by atoms with van der Waals surface area (Å²) in [5.74, 6) is 2.77. The second-order valence-corrected chi connectivity index (χ2v) is 8.10. The summed E-state index contributed by atoms with van der Waals surface area (Å²) in [7, 11) is 0. The van der Waals surface area contributed by atoms with E-state index in [1.165, 1.54) is 25.7 Å². The van der Waals surface area contributed by atoms with E-state index in [-0.39, 0.29) is 12.1 Å². The van der Waals surface area contributed by atoms with Gasteiger partial charge in [-0.25, -0.2) is 9.59 Å². The molecule has 0 aromatic heterocycles. The van der Waals surface area contributed by atoms with Gasteiger partial charge in [-0.3, -0.25) is 0 Å². The molecule has 2 saturated heterocycles. The molecule has 4 amide bonds. The van der Waals surface area contributed by atoms with Crippen LogP contribution in [0.4, 0.5) is 9.59 Å². The maximum Gasteiger partial charge on any atom is 0.317 e. The average molecular weight is 334 g/mol. The molecule has 2 heterocycles. The third-order valence-electron chi connectivity index (χ3n) is 6.76. The molecule has 0 radical (unpaired) electrons. The van der Waals surface area contributed by atoms with Crippen LogP contribution in [-0.2, 0) is 0 Å². The lowest BCUT2D eigenvalue weighted by molar-refractivity contribution is 0.140. The summed E-state index contributed by atoms with van der Waals surface area (Å²) in [6.45, 7) is 3.89. The number of piperidine rings is 1. The van der Waals surface area contributed by atoms with Crippen molar-refractivity contribution in [3.8, 4) is 0 Å². The molecule has 4 rings (SSSR count). The van der Waals surface area contributed by atoms with Crippen LogP contribution >= 0.6 is 0 Å². The highest BCUT2D eigenvalue weighted by Crippen LogP contribution is 2.49. The monoisotopic (exact) mass is 334 g/mol. The number of carbonyl (C=O) groups is 2. The molecule has 0 aromatic carbocycles. The van der Waals surface area contributed by atoms with E-state index in [0.29, 0.717) is 6.04 Å². The Balaban J connectivity index is 1.16. The van der Waals surface area contributed by atoms with E-state index < -0.39 is 0 Å². The van der Waals surface area contributed by atoms with Gasteiger partial charge in [-0.15, -0.1) is 0 Å². The maximum atomic E-state index is 12.3. The minimum Gasteiger partial charge on any atom is -0.338 e. The highest BCUT2D eigenvalue weighted by Gasteiger charge is 2.39. The van der Waals surface area contributed by atoms with E-state index in [4.69, 9.17) is 0 Å². The Morgan fingerprint density at radius 3 is 2.58 bits per heavy atom. The zero-order valence-electron chi connectivity index (χ0n) is 14.5. The number of amides is 4. The summed E-state index contributed by atoms with van der Waals surface area (Å²) in [6.07, 6.45) is 8.64. The molecule has 2 N–H and O–H groups in total. The smallest absolute Gasteiger partial charge is 0.317 e. The van der Waals surface area contributed by atoms with Crippen molar-refractivity contribution in [2.24, 2.45) is 17.8 Å². The lowest BCUT2D eigenvalue weighted by Gasteiger charge is -2.36. The molecule has 24 heavy (non-hydrogen) atoms. The lowest BCUT2D eigenvalue weighted by atomic mass is 9.86. The zero-order valence-corrected chi connectivity index (χ0v) is 14.5. The number of likely N-dealkylation sites (tertiary alicyclic amines) is 1. The second-order valence-electron chi connectivity index (χ2n) is 8.10. The fraction of sp³-hybridized carbons (Fsp3) is 0.889. The summed E-state index contributed by atoms with van der Waals surface area (Å²) in [4.78, 5) is 27.9. The van der Waals surface area contributed by atoms with Gasteiger partial charge in [0, 0.05) is 38.8 Å². The molecule has 4 aliphatic rings. The SMILES string of the molecule is O=C(NCC[C@@H]1C[C@H]2CC[C@H]1C2)N1CCC(N2CCNC2=O)CC1. The Labute approximate surface area is 144 Å². The van der Waals surface area contributed by atoms with Crippen molar-refractivity contribution in [3.63, 3.8) is 0 Å². The van der Waals surface area contributed by atoms with Crippen LogP contribution in [-0.4, -0.2) is 60.6 Å².